The van der Waals surface area contributed by atoms with E-state index in [1.54, 1.807) is 5.32 Å². The van der Waals surface area contributed by atoms with Crippen molar-refractivity contribution >= 4 is 27.5 Å². The van der Waals surface area contributed by atoms with Crippen molar-refractivity contribution in [1.29, 1.82) is 0 Å². The molecule has 2 aliphatic rings. The molecule has 1 saturated carbocycles. The Morgan fingerprint density at radius 2 is 1.59 bits per heavy atom. The van der Waals surface area contributed by atoms with E-state index in [0.717, 1.165) is 0 Å². The van der Waals surface area contributed by atoms with Gasteiger partial charge in [0.2, 0.25) is 5.54 Å². The van der Waals surface area contributed by atoms with Crippen molar-refractivity contribution in [2.24, 2.45) is 5.92 Å². The second kappa shape index (κ2) is 3.66. The Morgan fingerprint density at radius 1 is 1.12 bits per heavy atom. The molecule has 2 fully saturated rings. The monoisotopic (exact) mass is 345 g/mol. The van der Waals surface area contributed by atoms with Gasteiger partial charge in [0, 0.05) is 16.8 Å². The van der Waals surface area contributed by atoms with Crippen LogP contribution in [0.15, 0.2) is 0 Å². The van der Waals surface area contributed by atoms with Crippen LogP contribution in [-0.2, 0) is 0 Å². The number of rotatable bonds is 0. The van der Waals surface area contributed by atoms with Gasteiger partial charge in [0.25, 0.3) is 0 Å². The molecule has 1 nitrogen and oxygen atoms in total. The maximum Gasteiger partial charge on any atom is 0.415 e. The van der Waals surface area contributed by atoms with Gasteiger partial charge < -0.3 is 0 Å². The molecule has 1 aliphatic heterocycles. The Morgan fingerprint density at radius 3 is 1.82 bits per heavy atom. The molecule has 1 saturated heterocycles. The summed E-state index contributed by atoms with van der Waals surface area (Å²) in [7, 11) is 0. The minimum absolute atomic E-state index is 0.311. The highest BCUT2D eigenvalue weighted by Gasteiger charge is 2.81. The largest absolute Gasteiger partial charge is 0.415 e. The van der Waals surface area contributed by atoms with Gasteiger partial charge in [0.1, 0.15) is 0 Å². The molecule has 2 rings (SSSR count). The first kappa shape index (κ1) is 13.7. The molecule has 0 radical (unpaired) electrons. The molecule has 0 unspecified atom stereocenters. The van der Waals surface area contributed by atoms with Crippen molar-refractivity contribution in [3.8, 4) is 0 Å². The van der Waals surface area contributed by atoms with Crippen molar-refractivity contribution in [3.05, 3.63) is 0 Å². The topological polar surface area (TPSA) is 12.0 Å². The summed E-state index contributed by atoms with van der Waals surface area (Å²) in [6, 6.07) is -1.02. The SMILES string of the molecule is FC(F)(F)C1(C(F)(F)F)N[C@@H]2[C@H](Br)[C@H]1C[C@@H]2Cl. The molecule has 1 aliphatic carbocycles. The van der Waals surface area contributed by atoms with E-state index in [0.29, 0.717) is 0 Å². The minimum Gasteiger partial charge on any atom is -0.290 e. The predicted octanol–water partition coefficient (Wildman–Crippen LogP) is 3.21. The molecular formula is C8H7BrClF6N. The molecule has 0 aromatic heterocycles. The highest BCUT2D eigenvalue weighted by atomic mass is 79.9. The Kier molecular flexibility index (Phi) is 2.96. The zero-order chi connectivity index (χ0) is 13.2. The van der Waals surface area contributed by atoms with Crippen LogP contribution in [0.4, 0.5) is 26.3 Å². The summed E-state index contributed by atoms with van der Waals surface area (Å²) >= 11 is 8.59. The highest BCUT2D eigenvalue weighted by Crippen LogP contribution is 2.59. The molecule has 17 heavy (non-hydrogen) atoms. The van der Waals surface area contributed by atoms with Crippen molar-refractivity contribution < 1.29 is 26.3 Å². The van der Waals surface area contributed by atoms with E-state index < -0.39 is 40.1 Å². The van der Waals surface area contributed by atoms with E-state index in [1.165, 1.54) is 0 Å². The van der Waals surface area contributed by atoms with Gasteiger partial charge in [0.15, 0.2) is 0 Å². The molecule has 0 amide bonds. The van der Waals surface area contributed by atoms with E-state index in [4.69, 9.17) is 11.6 Å². The van der Waals surface area contributed by atoms with Crippen LogP contribution >= 0.6 is 27.5 Å². The van der Waals surface area contributed by atoms with Crippen LogP contribution in [0.5, 0.6) is 0 Å². The van der Waals surface area contributed by atoms with E-state index in [2.05, 4.69) is 15.9 Å². The average Bonchev–Trinajstić information content (AvgIpc) is 2.53. The third-order valence-electron chi connectivity index (χ3n) is 3.44. The molecule has 1 heterocycles. The van der Waals surface area contributed by atoms with Crippen LogP contribution in [0.1, 0.15) is 6.42 Å². The summed E-state index contributed by atoms with van der Waals surface area (Å²) in [5.41, 5.74) is -3.84. The number of piperidine rings is 1. The fourth-order valence-electron chi connectivity index (χ4n) is 2.67. The van der Waals surface area contributed by atoms with Gasteiger partial charge in [-0.05, 0) is 6.42 Å². The van der Waals surface area contributed by atoms with Gasteiger partial charge in [-0.3, -0.25) is 5.32 Å². The molecule has 4 atom stereocenters. The summed E-state index contributed by atoms with van der Waals surface area (Å²) in [5, 5.41) is 0.934. The zero-order valence-electron chi connectivity index (χ0n) is 8.04. The van der Waals surface area contributed by atoms with E-state index in [1.807, 2.05) is 0 Å². The van der Waals surface area contributed by atoms with Gasteiger partial charge in [-0.1, -0.05) is 15.9 Å². The van der Waals surface area contributed by atoms with E-state index in [-0.39, 0.29) is 6.42 Å². The Balaban J connectivity index is 2.48. The number of fused-ring (bicyclic) bond motifs is 2. The molecule has 1 N–H and O–H groups in total. The average molecular weight is 346 g/mol. The van der Waals surface area contributed by atoms with Crippen molar-refractivity contribution in [1.82, 2.24) is 5.32 Å². The quantitative estimate of drug-likeness (QED) is 0.525. The standard InChI is InChI=1S/C8H7BrClF6N/c9-4-2-1-3(10)5(4)17-6(2,7(11,12)13)8(14,15)16/h2-5,17H,1H2/t2-,3+,4-,5+/m1/s1. The van der Waals surface area contributed by atoms with Crippen LogP contribution in [0, 0.1) is 5.92 Å². The number of hydrogen-bond acceptors (Lipinski definition) is 1. The lowest BCUT2D eigenvalue weighted by Gasteiger charge is -2.41. The minimum atomic E-state index is -5.40. The molecule has 0 aromatic rings. The van der Waals surface area contributed by atoms with Crippen LogP contribution in [0.25, 0.3) is 0 Å². The summed E-state index contributed by atoms with van der Waals surface area (Å²) < 4.78 is 76.9. The molecule has 0 spiro atoms. The van der Waals surface area contributed by atoms with Crippen LogP contribution in [0.3, 0.4) is 0 Å². The third kappa shape index (κ3) is 1.63. The van der Waals surface area contributed by atoms with Crippen molar-refractivity contribution in [3.63, 3.8) is 0 Å². The first-order valence-corrected chi connectivity index (χ1v) is 6.07. The summed E-state index contributed by atoms with van der Waals surface area (Å²) in [6.45, 7) is 0. The van der Waals surface area contributed by atoms with Gasteiger partial charge in [0.05, 0.1) is 5.38 Å². The molecule has 9 heteroatoms. The fraction of sp³-hybridized carbons (Fsp3) is 1.00. The van der Waals surface area contributed by atoms with Crippen molar-refractivity contribution in [2.45, 2.75) is 40.6 Å². The van der Waals surface area contributed by atoms with Crippen LogP contribution < -0.4 is 5.32 Å². The van der Waals surface area contributed by atoms with Gasteiger partial charge in [-0.15, -0.1) is 11.6 Å². The summed E-state index contributed by atoms with van der Waals surface area (Å²) in [5.74, 6) is -1.63. The van der Waals surface area contributed by atoms with Crippen molar-refractivity contribution in [2.75, 3.05) is 0 Å². The zero-order valence-corrected chi connectivity index (χ0v) is 10.4. The Hall–Kier alpha value is 0.310. The van der Waals surface area contributed by atoms with Gasteiger partial charge in [-0.2, -0.15) is 26.3 Å². The van der Waals surface area contributed by atoms with Gasteiger partial charge >= 0.3 is 12.4 Å². The number of nitrogens with one attached hydrogen (secondary N) is 1. The first-order valence-electron chi connectivity index (χ1n) is 4.71. The maximum atomic E-state index is 12.8. The molecule has 2 bridgehead atoms. The Bertz CT molecular complexity index is 315. The third-order valence-corrected chi connectivity index (χ3v) is 5.10. The molecule has 100 valence electrons. The van der Waals surface area contributed by atoms with Crippen LogP contribution in [-0.4, -0.2) is 34.1 Å². The lowest BCUT2D eigenvalue weighted by Crippen LogP contribution is -2.70. The first-order chi connectivity index (χ1) is 7.52. The summed E-state index contributed by atoms with van der Waals surface area (Å²) in [4.78, 5) is -0.923. The van der Waals surface area contributed by atoms with Crippen LogP contribution in [0.2, 0.25) is 0 Å². The smallest absolute Gasteiger partial charge is 0.290 e. The number of alkyl halides is 8. The van der Waals surface area contributed by atoms with Gasteiger partial charge in [-0.25, -0.2) is 0 Å². The molecular weight excluding hydrogens is 339 g/mol. The molecule has 0 aromatic carbocycles. The number of hydrogen-bond donors (Lipinski definition) is 1. The maximum absolute atomic E-state index is 12.8. The Labute approximate surface area is 106 Å². The predicted molar refractivity (Wildman–Crippen MR) is 52.2 cm³/mol. The fourth-order valence-corrected chi connectivity index (χ4v) is 4.37. The lowest BCUT2D eigenvalue weighted by molar-refractivity contribution is -0.318. The normalized spacial score (nSPS) is 40.9. The lowest BCUT2D eigenvalue weighted by atomic mass is 9.82. The second-order valence-electron chi connectivity index (χ2n) is 4.28. The highest BCUT2D eigenvalue weighted by molar-refractivity contribution is 9.09. The summed E-state index contributed by atoms with van der Waals surface area (Å²) in [6.07, 6.45) is -11.1. The van der Waals surface area contributed by atoms with E-state index >= 15 is 0 Å². The second-order valence-corrected chi connectivity index (χ2v) is 5.89. The van der Waals surface area contributed by atoms with E-state index in [9.17, 15) is 26.3 Å². The number of halogens is 8.